The molecule has 1 saturated heterocycles. The van der Waals surface area contributed by atoms with Crippen molar-refractivity contribution in [3.05, 3.63) is 28.2 Å². The van der Waals surface area contributed by atoms with Gasteiger partial charge in [-0.2, -0.15) is 0 Å². The number of benzene rings is 1. The Kier molecular flexibility index (Phi) is 5.42. The summed E-state index contributed by atoms with van der Waals surface area (Å²) < 4.78 is 11.6. The van der Waals surface area contributed by atoms with Crippen molar-refractivity contribution < 1.29 is 24.2 Å². The van der Waals surface area contributed by atoms with E-state index in [-0.39, 0.29) is 19.1 Å². The van der Waals surface area contributed by atoms with Gasteiger partial charge in [-0.3, -0.25) is 4.79 Å². The normalized spacial score (nSPS) is 19.6. The molecule has 1 fully saturated rings. The van der Waals surface area contributed by atoms with Crippen LogP contribution in [0.3, 0.4) is 0 Å². The summed E-state index contributed by atoms with van der Waals surface area (Å²) in [5.74, 6) is -0.733. The van der Waals surface area contributed by atoms with E-state index in [0.29, 0.717) is 12.3 Å². The van der Waals surface area contributed by atoms with Crippen LogP contribution in [0.5, 0.6) is 5.75 Å². The van der Waals surface area contributed by atoms with Crippen LogP contribution in [-0.2, 0) is 14.3 Å². The molecule has 1 aromatic rings. The van der Waals surface area contributed by atoms with Crippen molar-refractivity contribution in [2.24, 2.45) is 0 Å². The van der Waals surface area contributed by atoms with Crippen LogP contribution in [0.15, 0.2) is 22.7 Å². The van der Waals surface area contributed by atoms with Crippen LogP contribution < -0.4 is 4.74 Å². The molecule has 0 bridgehead atoms. The number of ether oxygens (including phenoxy) is 2. The Labute approximate surface area is 137 Å². The van der Waals surface area contributed by atoms with Crippen molar-refractivity contribution in [1.82, 2.24) is 4.90 Å². The third kappa shape index (κ3) is 3.98. The van der Waals surface area contributed by atoms with Crippen molar-refractivity contribution >= 4 is 27.8 Å². The molecule has 1 aliphatic rings. The van der Waals surface area contributed by atoms with Crippen LogP contribution in [0.25, 0.3) is 0 Å². The predicted octanol–water partition coefficient (Wildman–Crippen LogP) is 1.84. The van der Waals surface area contributed by atoms with E-state index >= 15 is 0 Å². The number of rotatable bonds is 4. The van der Waals surface area contributed by atoms with Crippen LogP contribution in [0.2, 0.25) is 0 Å². The van der Waals surface area contributed by atoms with E-state index in [9.17, 15) is 9.59 Å². The fraction of sp³-hybridized carbons (Fsp3) is 0.467. The molecule has 6 nitrogen and oxygen atoms in total. The summed E-state index contributed by atoms with van der Waals surface area (Å²) in [4.78, 5) is 24.8. The van der Waals surface area contributed by atoms with E-state index in [1.54, 1.807) is 13.0 Å². The highest BCUT2D eigenvalue weighted by Crippen LogP contribution is 2.27. The molecule has 0 aliphatic carbocycles. The maximum atomic E-state index is 12.4. The number of halogens is 1. The van der Waals surface area contributed by atoms with Gasteiger partial charge in [0.2, 0.25) is 0 Å². The zero-order chi connectivity index (χ0) is 16.3. The number of carbonyl (C=O) groups is 2. The van der Waals surface area contributed by atoms with E-state index in [4.69, 9.17) is 14.6 Å². The number of carboxylic acids is 1. The van der Waals surface area contributed by atoms with E-state index in [2.05, 4.69) is 15.9 Å². The summed E-state index contributed by atoms with van der Waals surface area (Å²) >= 11 is 3.40. The van der Waals surface area contributed by atoms with Gasteiger partial charge in [0, 0.05) is 6.54 Å². The van der Waals surface area contributed by atoms with Crippen LogP contribution in [0.4, 0.5) is 0 Å². The quantitative estimate of drug-likeness (QED) is 0.873. The smallest absolute Gasteiger partial charge is 0.334 e. The molecule has 120 valence electrons. The third-order valence-electron chi connectivity index (χ3n) is 3.39. The Bertz CT molecular complexity index is 577. The van der Waals surface area contributed by atoms with Crippen LogP contribution in [-0.4, -0.2) is 53.8 Å². The minimum atomic E-state index is -1.06. The van der Waals surface area contributed by atoms with E-state index in [1.807, 2.05) is 19.1 Å². The Balaban J connectivity index is 2.01. The summed E-state index contributed by atoms with van der Waals surface area (Å²) in [6.07, 6.45) is -1.68. The molecular weight excluding hydrogens is 354 g/mol. The summed E-state index contributed by atoms with van der Waals surface area (Å²) in [7, 11) is 0. The molecule has 0 spiro atoms. The topological polar surface area (TPSA) is 76.1 Å². The molecule has 0 unspecified atom stereocenters. The number of hydrogen-bond donors (Lipinski definition) is 1. The summed E-state index contributed by atoms with van der Waals surface area (Å²) in [6, 6.07) is 5.59. The molecule has 0 aromatic heterocycles. The summed E-state index contributed by atoms with van der Waals surface area (Å²) in [5.41, 5.74) is 1.08. The van der Waals surface area contributed by atoms with Gasteiger partial charge in [-0.25, -0.2) is 4.79 Å². The number of morpholine rings is 1. The van der Waals surface area contributed by atoms with Gasteiger partial charge in [-0.15, -0.1) is 0 Å². The number of amides is 1. The average molecular weight is 372 g/mol. The van der Waals surface area contributed by atoms with Crippen molar-refractivity contribution in [3.8, 4) is 5.75 Å². The lowest BCUT2D eigenvalue weighted by Gasteiger charge is -2.32. The monoisotopic (exact) mass is 371 g/mol. The van der Waals surface area contributed by atoms with Gasteiger partial charge < -0.3 is 19.5 Å². The van der Waals surface area contributed by atoms with Crippen molar-refractivity contribution in [1.29, 1.82) is 0 Å². The van der Waals surface area contributed by atoms with Crippen LogP contribution >= 0.6 is 15.9 Å². The maximum Gasteiger partial charge on any atom is 0.334 e. The largest absolute Gasteiger partial charge is 0.480 e. The second-order valence-electron chi connectivity index (χ2n) is 5.18. The molecule has 2 atom stereocenters. The standard InChI is InChI=1S/C15H18BrNO5/c1-9-3-4-12(11(16)7-9)22-10(2)14(18)17-5-6-21-13(8-17)15(19)20/h3-4,7,10,13H,5-6,8H2,1-2H3,(H,19,20)/t10-,13-/m1/s1. The predicted molar refractivity (Wildman–Crippen MR) is 82.9 cm³/mol. The van der Waals surface area contributed by atoms with E-state index < -0.39 is 18.2 Å². The molecule has 1 N–H and O–H groups in total. The molecule has 1 amide bonds. The molecule has 7 heteroatoms. The Morgan fingerprint density at radius 2 is 2.23 bits per heavy atom. The lowest BCUT2D eigenvalue weighted by molar-refractivity contribution is -0.161. The second kappa shape index (κ2) is 7.11. The Hall–Kier alpha value is -1.60. The van der Waals surface area contributed by atoms with E-state index in [0.717, 1.165) is 10.0 Å². The number of aryl methyl sites for hydroxylation is 1. The minimum absolute atomic E-state index is 0.0386. The van der Waals surface area contributed by atoms with Gasteiger partial charge in [0.1, 0.15) is 5.75 Å². The first-order chi connectivity index (χ1) is 10.4. The number of hydrogen-bond acceptors (Lipinski definition) is 4. The molecule has 0 saturated carbocycles. The minimum Gasteiger partial charge on any atom is -0.480 e. The number of carbonyl (C=O) groups excluding carboxylic acids is 1. The van der Waals surface area contributed by atoms with Crippen molar-refractivity contribution in [2.45, 2.75) is 26.1 Å². The first-order valence-corrected chi connectivity index (χ1v) is 7.74. The molecule has 22 heavy (non-hydrogen) atoms. The molecule has 1 heterocycles. The zero-order valence-corrected chi connectivity index (χ0v) is 14.0. The van der Waals surface area contributed by atoms with E-state index in [1.165, 1.54) is 4.90 Å². The molecular formula is C15H18BrNO5. The highest BCUT2D eigenvalue weighted by Gasteiger charge is 2.31. The maximum absolute atomic E-state index is 12.4. The van der Waals surface area contributed by atoms with Gasteiger partial charge in [-0.1, -0.05) is 6.07 Å². The van der Waals surface area contributed by atoms with Gasteiger partial charge >= 0.3 is 5.97 Å². The molecule has 1 aliphatic heterocycles. The van der Waals surface area contributed by atoms with Crippen molar-refractivity contribution in [2.75, 3.05) is 19.7 Å². The summed E-state index contributed by atoms with van der Waals surface area (Å²) in [6.45, 7) is 4.23. The highest BCUT2D eigenvalue weighted by molar-refractivity contribution is 9.10. The van der Waals surface area contributed by atoms with Gasteiger partial charge in [0.25, 0.3) is 5.91 Å². The Morgan fingerprint density at radius 3 is 2.86 bits per heavy atom. The Morgan fingerprint density at radius 1 is 1.50 bits per heavy atom. The average Bonchev–Trinajstić information content (AvgIpc) is 2.49. The van der Waals surface area contributed by atoms with Gasteiger partial charge in [-0.05, 0) is 47.5 Å². The first-order valence-electron chi connectivity index (χ1n) is 6.94. The first kappa shape index (κ1) is 16.8. The number of nitrogens with zero attached hydrogens (tertiary/aromatic N) is 1. The SMILES string of the molecule is Cc1ccc(O[C@H](C)C(=O)N2CCO[C@@H](C(=O)O)C2)c(Br)c1. The lowest BCUT2D eigenvalue weighted by Crippen LogP contribution is -2.51. The zero-order valence-electron chi connectivity index (χ0n) is 12.4. The van der Waals surface area contributed by atoms with Gasteiger partial charge in [0.05, 0.1) is 17.6 Å². The third-order valence-corrected chi connectivity index (χ3v) is 4.01. The number of carboxylic acid groups (broad SMARTS) is 1. The molecule has 1 aromatic carbocycles. The highest BCUT2D eigenvalue weighted by atomic mass is 79.9. The van der Waals surface area contributed by atoms with Crippen LogP contribution in [0, 0.1) is 6.92 Å². The molecule has 2 rings (SSSR count). The van der Waals surface area contributed by atoms with Crippen molar-refractivity contribution in [3.63, 3.8) is 0 Å². The lowest BCUT2D eigenvalue weighted by atomic mass is 10.2. The fourth-order valence-electron chi connectivity index (χ4n) is 2.20. The summed E-state index contributed by atoms with van der Waals surface area (Å²) in [5, 5.41) is 8.97. The second-order valence-corrected chi connectivity index (χ2v) is 6.03. The fourth-order valence-corrected chi connectivity index (χ4v) is 2.78. The molecule has 0 radical (unpaired) electrons. The van der Waals surface area contributed by atoms with Crippen LogP contribution in [0.1, 0.15) is 12.5 Å². The van der Waals surface area contributed by atoms with Gasteiger partial charge in [0.15, 0.2) is 12.2 Å². The number of aliphatic carboxylic acids is 1.